The van der Waals surface area contributed by atoms with Gasteiger partial charge in [0.1, 0.15) is 5.75 Å². The smallest absolute Gasteiger partial charge is 0.343 e. The van der Waals surface area contributed by atoms with E-state index in [9.17, 15) is 9.59 Å². The molecule has 0 saturated heterocycles. The van der Waals surface area contributed by atoms with Gasteiger partial charge in [-0.15, -0.1) is 0 Å². The van der Waals surface area contributed by atoms with Crippen molar-refractivity contribution in [2.75, 3.05) is 13.7 Å². The molecule has 0 atom stereocenters. The van der Waals surface area contributed by atoms with Gasteiger partial charge in [0.05, 0.1) is 18.9 Å². The van der Waals surface area contributed by atoms with E-state index in [4.69, 9.17) is 25.8 Å². The summed E-state index contributed by atoms with van der Waals surface area (Å²) in [5.41, 5.74) is 5.51. The fourth-order valence-corrected chi connectivity index (χ4v) is 3.10. The second-order valence-electron chi connectivity index (χ2n) is 7.21. The van der Waals surface area contributed by atoms with Gasteiger partial charge in [0, 0.05) is 5.02 Å². The fraction of sp³-hybridized carbons (Fsp3) is 0.160. The van der Waals surface area contributed by atoms with Gasteiger partial charge in [-0.05, 0) is 85.1 Å². The zero-order valence-electron chi connectivity index (χ0n) is 18.4. The normalized spacial score (nSPS) is 10.7. The summed E-state index contributed by atoms with van der Waals surface area (Å²) < 4.78 is 16.2. The van der Waals surface area contributed by atoms with Gasteiger partial charge in [-0.2, -0.15) is 5.10 Å². The van der Waals surface area contributed by atoms with Crippen molar-refractivity contribution in [3.63, 3.8) is 0 Å². The zero-order chi connectivity index (χ0) is 23.8. The largest absolute Gasteiger partial charge is 0.493 e. The summed E-state index contributed by atoms with van der Waals surface area (Å²) in [7, 11) is 1.46. The number of hydrogen-bond acceptors (Lipinski definition) is 6. The first-order valence-electron chi connectivity index (χ1n) is 10.0. The maximum atomic E-state index is 12.3. The Kier molecular flexibility index (Phi) is 8.05. The Morgan fingerprint density at radius 3 is 2.33 bits per heavy atom. The minimum Gasteiger partial charge on any atom is -0.493 e. The van der Waals surface area contributed by atoms with Crippen molar-refractivity contribution in [1.29, 1.82) is 0 Å². The number of ether oxygens (including phenoxy) is 3. The Hall–Kier alpha value is -3.84. The van der Waals surface area contributed by atoms with Gasteiger partial charge in [-0.1, -0.05) is 17.7 Å². The van der Waals surface area contributed by atoms with Crippen LogP contribution in [0.4, 0.5) is 0 Å². The summed E-state index contributed by atoms with van der Waals surface area (Å²) in [6.07, 6.45) is 1.45. The van der Waals surface area contributed by atoms with Crippen LogP contribution in [-0.2, 0) is 4.79 Å². The van der Waals surface area contributed by atoms with Crippen LogP contribution in [0, 0.1) is 13.8 Å². The molecule has 0 spiro atoms. The molecule has 0 aliphatic rings. The van der Waals surface area contributed by atoms with E-state index in [1.54, 1.807) is 42.5 Å². The number of nitrogens with one attached hydrogen (secondary N) is 1. The van der Waals surface area contributed by atoms with Crippen LogP contribution in [0.15, 0.2) is 65.8 Å². The van der Waals surface area contributed by atoms with E-state index in [0.717, 1.165) is 11.1 Å². The molecule has 0 aliphatic heterocycles. The summed E-state index contributed by atoms with van der Waals surface area (Å²) in [5.74, 6) is 0.277. The number of methoxy groups -OCH3 is 1. The van der Waals surface area contributed by atoms with E-state index in [1.165, 1.54) is 13.3 Å². The molecule has 0 bridgehead atoms. The predicted molar refractivity (Wildman–Crippen MR) is 127 cm³/mol. The number of carbonyl (C=O) groups is 2. The van der Waals surface area contributed by atoms with E-state index in [2.05, 4.69) is 10.5 Å². The number of aryl methyl sites for hydroxylation is 2. The summed E-state index contributed by atoms with van der Waals surface area (Å²) >= 11 is 5.84. The molecule has 170 valence electrons. The van der Waals surface area contributed by atoms with Gasteiger partial charge in [-0.25, -0.2) is 10.2 Å². The molecule has 1 amide bonds. The standard InChI is InChI=1S/C25H23ClN2O5/c1-16-10-17(2)12-21(11-16)32-15-24(29)28-27-14-18-4-9-22(23(13-18)31-3)33-25(30)19-5-7-20(26)8-6-19/h4-14H,15H2,1-3H3,(H,28,29). The molecule has 1 N–H and O–H groups in total. The van der Waals surface area contributed by atoms with Crippen molar-refractivity contribution in [2.45, 2.75) is 13.8 Å². The first-order chi connectivity index (χ1) is 15.8. The molecule has 0 radical (unpaired) electrons. The summed E-state index contributed by atoms with van der Waals surface area (Å²) in [5, 5.41) is 4.46. The van der Waals surface area contributed by atoms with E-state index >= 15 is 0 Å². The number of amides is 1. The molecular weight excluding hydrogens is 444 g/mol. The molecular formula is C25H23ClN2O5. The lowest BCUT2D eigenvalue weighted by molar-refractivity contribution is -0.123. The van der Waals surface area contributed by atoms with Gasteiger partial charge in [0.2, 0.25) is 0 Å². The third-order valence-electron chi connectivity index (χ3n) is 4.44. The second-order valence-corrected chi connectivity index (χ2v) is 7.65. The quantitative estimate of drug-likeness (QED) is 0.225. The number of carbonyl (C=O) groups excluding carboxylic acids is 2. The lowest BCUT2D eigenvalue weighted by Crippen LogP contribution is -2.24. The van der Waals surface area contributed by atoms with Gasteiger partial charge >= 0.3 is 5.97 Å². The minimum atomic E-state index is -0.539. The van der Waals surface area contributed by atoms with Gasteiger partial charge in [0.25, 0.3) is 5.91 Å². The minimum absolute atomic E-state index is 0.164. The number of benzene rings is 3. The van der Waals surface area contributed by atoms with Gasteiger partial charge in [0.15, 0.2) is 18.1 Å². The van der Waals surface area contributed by atoms with Gasteiger partial charge < -0.3 is 14.2 Å². The van der Waals surface area contributed by atoms with E-state index < -0.39 is 11.9 Å². The van der Waals surface area contributed by atoms with Crippen molar-refractivity contribution in [2.24, 2.45) is 5.10 Å². The summed E-state index contributed by atoms with van der Waals surface area (Å²) in [4.78, 5) is 24.3. The van der Waals surface area contributed by atoms with Crippen LogP contribution in [0.2, 0.25) is 5.02 Å². The van der Waals surface area contributed by atoms with Crippen LogP contribution >= 0.6 is 11.6 Å². The number of nitrogens with zero attached hydrogens (tertiary/aromatic N) is 1. The van der Waals surface area contributed by atoms with Crippen molar-refractivity contribution in [3.8, 4) is 17.2 Å². The van der Waals surface area contributed by atoms with E-state index in [-0.39, 0.29) is 12.4 Å². The Balaban J connectivity index is 1.56. The average molecular weight is 467 g/mol. The lowest BCUT2D eigenvalue weighted by atomic mass is 10.1. The Labute approximate surface area is 196 Å². The second kappa shape index (κ2) is 11.2. The molecule has 3 rings (SSSR count). The highest BCUT2D eigenvalue weighted by molar-refractivity contribution is 6.30. The molecule has 7 nitrogen and oxygen atoms in total. The molecule has 33 heavy (non-hydrogen) atoms. The van der Waals surface area contributed by atoms with Crippen molar-refractivity contribution < 1.29 is 23.8 Å². The average Bonchev–Trinajstić information content (AvgIpc) is 2.78. The van der Waals surface area contributed by atoms with Crippen LogP contribution in [0.3, 0.4) is 0 Å². The molecule has 0 aromatic heterocycles. The summed E-state index contributed by atoms with van der Waals surface area (Å²) in [6.45, 7) is 3.76. The number of hydrogen-bond donors (Lipinski definition) is 1. The van der Waals surface area contributed by atoms with Crippen molar-refractivity contribution in [3.05, 3.63) is 87.9 Å². The molecule has 8 heteroatoms. The van der Waals surface area contributed by atoms with Crippen LogP contribution in [0.1, 0.15) is 27.0 Å². The predicted octanol–water partition coefficient (Wildman–Crippen LogP) is 4.71. The Bertz CT molecular complexity index is 1160. The Morgan fingerprint density at radius 2 is 1.67 bits per heavy atom. The maximum absolute atomic E-state index is 12.3. The highest BCUT2D eigenvalue weighted by Crippen LogP contribution is 2.28. The van der Waals surface area contributed by atoms with Crippen LogP contribution in [0.5, 0.6) is 17.2 Å². The molecule has 0 saturated carbocycles. The lowest BCUT2D eigenvalue weighted by Gasteiger charge is -2.10. The molecule has 3 aromatic rings. The van der Waals surface area contributed by atoms with E-state index in [0.29, 0.717) is 27.6 Å². The fourth-order valence-electron chi connectivity index (χ4n) is 2.97. The zero-order valence-corrected chi connectivity index (χ0v) is 19.2. The van der Waals surface area contributed by atoms with Crippen LogP contribution in [-0.4, -0.2) is 31.8 Å². The van der Waals surface area contributed by atoms with Crippen LogP contribution < -0.4 is 19.6 Å². The third-order valence-corrected chi connectivity index (χ3v) is 4.69. The first-order valence-corrected chi connectivity index (χ1v) is 10.4. The third kappa shape index (κ3) is 7.08. The number of esters is 1. The molecule has 0 unspecified atom stereocenters. The molecule has 0 fully saturated rings. The monoisotopic (exact) mass is 466 g/mol. The molecule has 0 heterocycles. The highest BCUT2D eigenvalue weighted by atomic mass is 35.5. The van der Waals surface area contributed by atoms with Gasteiger partial charge in [-0.3, -0.25) is 4.79 Å². The highest BCUT2D eigenvalue weighted by Gasteiger charge is 2.13. The summed E-state index contributed by atoms with van der Waals surface area (Å²) in [6, 6.07) is 17.0. The van der Waals surface area contributed by atoms with Crippen molar-refractivity contribution in [1.82, 2.24) is 5.43 Å². The number of hydrazone groups is 1. The Morgan fingerprint density at radius 1 is 0.970 bits per heavy atom. The first kappa shape index (κ1) is 23.8. The van der Waals surface area contributed by atoms with E-state index in [1.807, 2.05) is 32.0 Å². The number of halogens is 1. The SMILES string of the molecule is COc1cc(C=NNC(=O)COc2cc(C)cc(C)c2)ccc1OC(=O)c1ccc(Cl)cc1. The maximum Gasteiger partial charge on any atom is 0.343 e. The topological polar surface area (TPSA) is 86.2 Å². The molecule has 3 aromatic carbocycles. The molecule has 0 aliphatic carbocycles. The van der Waals surface area contributed by atoms with Crippen LogP contribution in [0.25, 0.3) is 0 Å². The number of rotatable bonds is 8. The van der Waals surface area contributed by atoms with Crippen molar-refractivity contribution >= 4 is 29.7 Å².